The van der Waals surface area contributed by atoms with Crippen molar-refractivity contribution in [2.45, 2.75) is 52.5 Å². The summed E-state index contributed by atoms with van der Waals surface area (Å²) >= 11 is 0. The van der Waals surface area contributed by atoms with Crippen molar-refractivity contribution in [2.75, 3.05) is 0 Å². The van der Waals surface area contributed by atoms with Crippen LogP contribution in [-0.2, 0) is 4.79 Å². The van der Waals surface area contributed by atoms with Crippen LogP contribution in [0.5, 0.6) is 0 Å². The first kappa shape index (κ1) is 16.6. The summed E-state index contributed by atoms with van der Waals surface area (Å²) in [6.45, 7) is 6.04. The SMILES string of the molecule is Cc1cc(-c2noc([C@H](C)NC(=O)[C@H]3CC[C@@H](C)CC3)n2)ccn1. The Labute approximate surface area is 142 Å². The summed E-state index contributed by atoms with van der Waals surface area (Å²) in [4.78, 5) is 21.0. The molecule has 24 heavy (non-hydrogen) atoms. The highest BCUT2D eigenvalue weighted by Gasteiger charge is 2.26. The molecule has 0 spiro atoms. The predicted octanol–water partition coefficient (Wildman–Crippen LogP) is 3.44. The number of nitrogens with one attached hydrogen (secondary N) is 1. The van der Waals surface area contributed by atoms with E-state index < -0.39 is 0 Å². The largest absolute Gasteiger partial charge is 0.344 e. The van der Waals surface area contributed by atoms with Gasteiger partial charge in [-0.1, -0.05) is 12.1 Å². The Bertz CT molecular complexity index is 705. The van der Waals surface area contributed by atoms with Crippen LogP contribution in [0.1, 0.15) is 57.2 Å². The van der Waals surface area contributed by atoms with Crippen molar-refractivity contribution in [3.8, 4) is 11.4 Å². The summed E-state index contributed by atoms with van der Waals surface area (Å²) in [7, 11) is 0. The molecule has 2 heterocycles. The van der Waals surface area contributed by atoms with Gasteiger partial charge in [-0.25, -0.2) is 0 Å². The van der Waals surface area contributed by atoms with Gasteiger partial charge in [0.15, 0.2) is 0 Å². The molecule has 6 heteroatoms. The number of aromatic nitrogens is 3. The predicted molar refractivity (Wildman–Crippen MR) is 89.9 cm³/mol. The second-order valence-corrected chi connectivity index (χ2v) is 6.83. The molecular weight excluding hydrogens is 304 g/mol. The number of carbonyl (C=O) groups excluding carboxylic acids is 1. The minimum absolute atomic E-state index is 0.0916. The molecule has 3 rings (SSSR count). The van der Waals surface area contributed by atoms with Gasteiger partial charge >= 0.3 is 0 Å². The van der Waals surface area contributed by atoms with Crippen LogP contribution in [0.4, 0.5) is 0 Å². The first-order chi connectivity index (χ1) is 11.5. The summed E-state index contributed by atoms with van der Waals surface area (Å²) in [6.07, 6.45) is 5.89. The van der Waals surface area contributed by atoms with E-state index in [1.165, 1.54) is 0 Å². The van der Waals surface area contributed by atoms with Crippen LogP contribution in [0.25, 0.3) is 11.4 Å². The molecule has 1 atom stereocenters. The van der Waals surface area contributed by atoms with Crippen molar-refractivity contribution >= 4 is 5.91 Å². The van der Waals surface area contributed by atoms with Crippen molar-refractivity contribution in [3.05, 3.63) is 29.9 Å². The van der Waals surface area contributed by atoms with E-state index in [1.54, 1.807) is 6.20 Å². The molecule has 2 aromatic rings. The number of hydrogen-bond acceptors (Lipinski definition) is 5. The number of nitrogens with zero attached hydrogens (tertiary/aromatic N) is 3. The molecule has 0 saturated heterocycles. The lowest BCUT2D eigenvalue weighted by Crippen LogP contribution is -2.34. The van der Waals surface area contributed by atoms with Gasteiger partial charge in [-0.3, -0.25) is 9.78 Å². The van der Waals surface area contributed by atoms with E-state index in [2.05, 4.69) is 27.4 Å². The number of amides is 1. The third-order valence-corrected chi connectivity index (χ3v) is 4.71. The number of hydrogen-bond donors (Lipinski definition) is 1. The van der Waals surface area contributed by atoms with Gasteiger partial charge in [0.2, 0.25) is 17.6 Å². The smallest absolute Gasteiger partial charge is 0.249 e. The van der Waals surface area contributed by atoms with Crippen LogP contribution in [-0.4, -0.2) is 21.0 Å². The molecule has 1 aliphatic rings. The molecule has 0 radical (unpaired) electrons. The average Bonchev–Trinajstić information content (AvgIpc) is 3.05. The van der Waals surface area contributed by atoms with E-state index in [1.807, 2.05) is 26.0 Å². The zero-order valence-corrected chi connectivity index (χ0v) is 14.5. The van der Waals surface area contributed by atoms with Crippen LogP contribution in [0.3, 0.4) is 0 Å². The second kappa shape index (κ2) is 7.11. The highest BCUT2D eigenvalue weighted by Crippen LogP contribution is 2.29. The van der Waals surface area contributed by atoms with E-state index >= 15 is 0 Å². The standard InChI is InChI=1S/C18H24N4O2/c1-11-4-6-14(7-5-11)17(23)20-13(3)18-21-16(22-24-18)15-8-9-19-12(2)10-15/h8-11,13-14H,4-7H2,1-3H3,(H,20,23)/t11-,13-,14+/m0/s1. The van der Waals surface area contributed by atoms with Crippen LogP contribution < -0.4 is 5.32 Å². The summed E-state index contributed by atoms with van der Waals surface area (Å²) < 4.78 is 5.33. The van der Waals surface area contributed by atoms with E-state index in [4.69, 9.17) is 4.52 Å². The first-order valence-electron chi connectivity index (χ1n) is 8.60. The van der Waals surface area contributed by atoms with Crippen LogP contribution in [0.15, 0.2) is 22.9 Å². The van der Waals surface area contributed by atoms with Crippen molar-refractivity contribution in [1.82, 2.24) is 20.4 Å². The molecule has 128 valence electrons. The molecule has 0 bridgehead atoms. The fourth-order valence-corrected chi connectivity index (χ4v) is 3.13. The molecule has 1 N–H and O–H groups in total. The van der Waals surface area contributed by atoms with Gasteiger partial charge in [-0.15, -0.1) is 0 Å². The third kappa shape index (κ3) is 3.80. The lowest BCUT2D eigenvalue weighted by atomic mass is 9.82. The van der Waals surface area contributed by atoms with Crippen LogP contribution in [0, 0.1) is 18.8 Å². The highest BCUT2D eigenvalue weighted by atomic mass is 16.5. The topological polar surface area (TPSA) is 80.9 Å². The molecule has 6 nitrogen and oxygen atoms in total. The van der Waals surface area contributed by atoms with Gasteiger partial charge in [0, 0.05) is 23.4 Å². The van der Waals surface area contributed by atoms with Gasteiger partial charge < -0.3 is 9.84 Å². The number of carbonyl (C=O) groups is 1. The maximum Gasteiger partial charge on any atom is 0.249 e. The fourth-order valence-electron chi connectivity index (χ4n) is 3.13. The van der Waals surface area contributed by atoms with Gasteiger partial charge in [0.25, 0.3) is 0 Å². The monoisotopic (exact) mass is 328 g/mol. The molecule has 1 aliphatic carbocycles. The minimum Gasteiger partial charge on any atom is -0.344 e. The van der Waals surface area contributed by atoms with Crippen molar-refractivity contribution in [2.24, 2.45) is 11.8 Å². The molecule has 0 unspecified atom stereocenters. The first-order valence-corrected chi connectivity index (χ1v) is 8.60. The quantitative estimate of drug-likeness (QED) is 0.930. The zero-order valence-electron chi connectivity index (χ0n) is 14.5. The van der Waals surface area contributed by atoms with Crippen LogP contribution >= 0.6 is 0 Å². The Hall–Kier alpha value is -2.24. The van der Waals surface area contributed by atoms with Gasteiger partial charge in [0.1, 0.15) is 6.04 Å². The molecule has 0 aromatic carbocycles. The maximum absolute atomic E-state index is 12.4. The Morgan fingerprint density at radius 3 is 2.79 bits per heavy atom. The summed E-state index contributed by atoms with van der Waals surface area (Å²) in [5.74, 6) is 1.87. The van der Waals surface area contributed by atoms with E-state index in [9.17, 15) is 4.79 Å². The summed E-state index contributed by atoms with van der Waals surface area (Å²) in [5, 5.41) is 7.02. The molecule has 2 aromatic heterocycles. The number of rotatable bonds is 4. The Morgan fingerprint density at radius 2 is 2.08 bits per heavy atom. The lowest BCUT2D eigenvalue weighted by Gasteiger charge is -2.26. The second-order valence-electron chi connectivity index (χ2n) is 6.83. The van der Waals surface area contributed by atoms with Gasteiger partial charge in [0.05, 0.1) is 0 Å². The van der Waals surface area contributed by atoms with E-state index in [-0.39, 0.29) is 17.9 Å². The fraction of sp³-hybridized carbons (Fsp3) is 0.556. The van der Waals surface area contributed by atoms with Gasteiger partial charge in [-0.05, 0) is 57.6 Å². The summed E-state index contributed by atoms with van der Waals surface area (Å²) in [6, 6.07) is 3.45. The Balaban J connectivity index is 1.63. The van der Waals surface area contributed by atoms with Gasteiger partial charge in [-0.2, -0.15) is 4.98 Å². The van der Waals surface area contributed by atoms with Crippen molar-refractivity contribution < 1.29 is 9.32 Å². The Morgan fingerprint density at radius 1 is 1.33 bits per heavy atom. The summed E-state index contributed by atoms with van der Waals surface area (Å²) in [5.41, 5.74) is 1.75. The van der Waals surface area contributed by atoms with Crippen molar-refractivity contribution in [1.29, 1.82) is 0 Å². The highest BCUT2D eigenvalue weighted by molar-refractivity contribution is 5.79. The molecule has 0 aliphatic heterocycles. The zero-order chi connectivity index (χ0) is 17.1. The number of pyridine rings is 1. The third-order valence-electron chi connectivity index (χ3n) is 4.71. The molecule has 1 fully saturated rings. The molecule has 1 saturated carbocycles. The minimum atomic E-state index is -0.291. The van der Waals surface area contributed by atoms with Crippen LogP contribution in [0.2, 0.25) is 0 Å². The van der Waals surface area contributed by atoms with E-state index in [0.717, 1.165) is 42.9 Å². The van der Waals surface area contributed by atoms with Crippen molar-refractivity contribution in [3.63, 3.8) is 0 Å². The molecule has 1 amide bonds. The molecular formula is C18H24N4O2. The average molecular weight is 328 g/mol. The maximum atomic E-state index is 12.4. The number of aryl methyl sites for hydroxylation is 1. The van der Waals surface area contributed by atoms with E-state index in [0.29, 0.717) is 11.7 Å². The lowest BCUT2D eigenvalue weighted by molar-refractivity contribution is -0.127. The normalized spacial score (nSPS) is 22.1. The Kier molecular flexibility index (Phi) is 4.92.